The molecule has 7 heteroatoms. The zero-order valence-electron chi connectivity index (χ0n) is 14.0. The molecule has 0 unspecified atom stereocenters. The Hall–Kier alpha value is -2.05. The fourth-order valence-electron chi connectivity index (χ4n) is 3.19. The van der Waals surface area contributed by atoms with Gasteiger partial charge in [0.05, 0.1) is 0 Å². The van der Waals surface area contributed by atoms with Crippen molar-refractivity contribution in [1.29, 1.82) is 0 Å². The number of nitrogens with one attached hydrogen (secondary N) is 1. The molecule has 1 aliphatic heterocycles. The van der Waals surface area contributed by atoms with E-state index >= 15 is 0 Å². The van der Waals surface area contributed by atoms with Crippen LogP contribution in [0, 0.1) is 0 Å². The molecule has 0 aliphatic carbocycles. The molecule has 3 heterocycles. The van der Waals surface area contributed by atoms with Gasteiger partial charge in [0.15, 0.2) is 11.4 Å². The van der Waals surface area contributed by atoms with Crippen molar-refractivity contribution in [1.82, 2.24) is 15.3 Å². The summed E-state index contributed by atoms with van der Waals surface area (Å²) in [6.45, 7) is 1.86. The molecule has 0 radical (unpaired) electrons. The van der Waals surface area contributed by atoms with E-state index in [4.69, 9.17) is 26.0 Å². The summed E-state index contributed by atoms with van der Waals surface area (Å²) in [4.78, 5) is 13.6. The summed E-state index contributed by atoms with van der Waals surface area (Å²) in [6.07, 6.45) is 1.09. The number of hydrogen-bond acceptors (Lipinski definition) is 6. The number of furan rings is 1. The minimum absolute atomic E-state index is 0.469. The number of likely N-dealkylation sites (N-methyl/N-ethyl adjacent to an activating group) is 1. The fraction of sp³-hybridized carbons (Fsp3) is 0.412. The molecule has 0 spiro atoms. The van der Waals surface area contributed by atoms with Gasteiger partial charge < -0.3 is 19.5 Å². The molecule has 1 aliphatic rings. The highest BCUT2D eigenvalue weighted by molar-refractivity contribution is 6.31. The third-order valence-corrected chi connectivity index (χ3v) is 4.78. The van der Waals surface area contributed by atoms with Crippen LogP contribution in [0.3, 0.4) is 0 Å². The number of aromatic nitrogens is 2. The molecular weight excluding hydrogens is 326 g/mol. The highest BCUT2D eigenvalue weighted by atomic mass is 35.5. The Morgan fingerprint density at radius 1 is 1.33 bits per heavy atom. The molecular formula is C17H20ClN5O. The van der Waals surface area contributed by atoms with Crippen LogP contribution in [0.2, 0.25) is 5.02 Å². The number of hydrogen-bond donors (Lipinski definition) is 1. The van der Waals surface area contributed by atoms with Crippen LogP contribution in [0.15, 0.2) is 22.6 Å². The Kier molecular flexibility index (Phi) is 3.73. The summed E-state index contributed by atoms with van der Waals surface area (Å²) >= 11 is 6.17. The Labute approximate surface area is 145 Å². The molecule has 1 saturated heterocycles. The van der Waals surface area contributed by atoms with E-state index in [-0.39, 0.29) is 0 Å². The predicted octanol–water partition coefficient (Wildman–Crippen LogP) is 2.89. The van der Waals surface area contributed by atoms with Crippen molar-refractivity contribution in [3.8, 4) is 0 Å². The second-order valence-corrected chi connectivity index (χ2v) is 6.82. The normalized spacial score (nSPS) is 18.0. The number of anilines is 2. The number of fused-ring (bicyclic) bond motifs is 3. The molecule has 6 nitrogen and oxygen atoms in total. The summed E-state index contributed by atoms with van der Waals surface area (Å²) in [6, 6.07) is 6.09. The second-order valence-electron chi connectivity index (χ2n) is 6.38. The highest BCUT2D eigenvalue weighted by Gasteiger charge is 2.27. The van der Waals surface area contributed by atoms with Crippen LogP contribution in [0.25, 0.3) is 22.1 Å². The van der Waals surface area contributed by atoms with Gasteiger partial charge in [-0.2, -0.15) is 4.98 Å². The monoisotopic (exact) mass is 345 g/mol. The lowest BCUT2D eigenvalue weighted by Gasteiger charge is -2.19. The van der Waals surface area contributed by atoms with E-state index in [0.29, 0.717) is 17.0 Å². The lowest BCUT2D eigenvalue weighted by Crippen LogP contribution is -2.30. The van der Waals surface area contributed by atoms with Gasteiger partial charge in [0.25, 0.3) is 0 Å². The minimum Gasteiger partial charge on any atom is -0.450 e. The molecule has 0 saturated carbocycles. The van der Waals surface area contributed by atoms with Crippen molar-refractivity contribution in [2.45, 2.75) is 12.5 Å². The quantitative estimate of drug-likeness (QED) is 0.787. The second kappa shape index (κ2) is 5.79. The first kappa shape index (κ1) is 15.5. The summed E-state index contributed by atoms with van der Waals surface area (Å²) < 4.78 is 6.09. The molecule has 1 fully saturated rings. The Morgan fingerprint density at radius 2 is 2.17 bits per heavy atom. The van der Waals surface area contributed by atoms with Crippen molar-refractivity contribution < 1.29 is 4.42 Å². The third kappa shape index (κ3) is 2.46. The molecule has 1 N–H and O–H groups in total. The lowest BCUT2D eigenvalue weighted by atomic mass is 10.2. The standard InChI is InChI=1S/C17H20ClN5O/c1-19-11-6-7-23(9-11)16-15-14(20-17(21-16)22(2)3)12-8-10(18)4-5-13(12)24-15/h4-5,8,11,19H,6-7,9H2,1-3H3/t11-/m1/s1. The summed E-state index contributed by atoms with van der Waals surface area (Å²) in [5.41, 5.74) is 2.33. The number of nitrogens with zero attached hydrogens (tertiary/aromatic N) is 4. The van der Waals surface area contributed by atoms with Crippen molar-refractivity contribution in [3.63, 3.8) is 0 Å². The number of benzene rings is 1. The van der Waals surface area contributed by atoms with Crippen molar-refractivity contribution in [2.24, 2.45) is 0 Å². The SMILES string of the molecule is CN[C@@H]1CCN(c2nc(N(C)C)nc3c2oc2ccc(Cl)cc23)C1. The maximum absolute atomic E-state index is 6.17. The maximum Gasteiger partial charge on any atom is 0.227 e. The van der Waals surface area contributed by atoms with E-state index in [1.807, 2.05) is 44.2 Å². The van der Waals surface area contributed by atoms with Crippen molar-refractivity contribution >= 4 is 45.4 Å². The molecule has 126 valence electrons. The van der Waals surface area contributed by atoms with Crippen LogP contribution in [-0.4, -0.2) is 50.2 Å². The van der Waals surface area contributed by atoms with Gasteiger partial charge in [-0.25, -0.2) is 4.98 Å². The molecule has 2 aromatic heterocycles. The molecule has 24 heavy (non-hydrogen) atoms. The van der Waals surface area contributed by atoms with Crippen molar-refractivity contribution in [3.05, 3.63) is 23.2 Å². The molecule has 1 aromatic carbocycles. The lowest BCUT2D eigenvalue weighted by molar-refractivity contribution is 0.615. The van der Waals surface area contributed by atoms with E-state index < -0.39 is 0 Å². The van der Waals surface area contributed by atoms with Crippen LogP contribution in [-0.2, 0) is 0 Å². The van der Waals surface area contributed by atoms with Crippen molar-refractivity contribution in [2.75, 3.05) is 44.0 Å². The molecule has 0 amide bonds. The third-order valence-electron chi connectivity index (χ3n) is 4.54. The van der Waals surface area contributed by atoms with Gasteiger partial charge in [-0.15, -0.1) is 0 Å². The van der Waals surface area contributed by atoms with Crippen LogP contribution >= 0.6 is 11.6 Å². The van der Waals surface area contributed by atoms with Crippen LogP contribution in [0.5, 0.6) is 0 Å². The minimum atomic E-state index is 0.469. The highest BCUT2D eigenvalue weighted by Crippen LogP contribution is 2.36. The largest absolute Gasteiger partial charge is 0.450 e. The molecule has 3 aromatic rings. The van der Waals surface area contributed by atoms with Crippen LogP contribution in [0.1, 0.15) is 6.42 Å². The van der Waals surface area contributed by atoms with E-state index in [0.717, 1.165) is 47.4 Å². The summed E-state index contributed by atoms with van der Waals surface area (Å²) in [5.74, 6) is 1.53. The topological polar surface area (TPSA) is 57.4 Å². The van der Waals surface area contributed by atoms with Gasteiger partial charge in [0, 0.05) is 43.6 Å². The van der Waals surface area contributed by atoms with Gasteiger partial charge in [0.1, 0.15) is 11.1 Å². The van der Waals surface area contributed by atoms with Gasteiger partial charge in [-0.1, -0.05) is 11.6 Å². The first-order chi connectivity index (χ1) is 11.6. The molecule has 0 bridgehead atoms. The zero-order chi connectivity index (χ0) is 16.8. The van der Waals surface area contributed by atoms with Crippen LogP contribution in [0.4, 0.5) is 11.8 Å². The smallest absolute Gasteiger partial charge is 0.227 e. The Morgan fingerprint density at radius 3 is 2.88 bits per heavy atom. The Balaban J connectivity index is 1.95. The fourth-order valence-corrected chi connectivity index (χ4v) is 3.36. The van der Waals surface area contributed by atoms with E-state index in [1.54, 1.807) is 0 Å². The predicted molar refractivity (Wildman–Crippen MR) is 98.3 cm³/mol. The Bertz CT molecular complexity index is 907. The van der Waals surface area contributed by atoms with Gasteiger partial charge in [-0.3, -0.25) is 0 Å². The first-order valence-electron chi connectivity index (χ1n) is 8.06. The van der Waals surface area contributed by atoms with E-state index in [9.17, 15) is 0 Å². The van der Waals surface area contributed by atoms with Gasteiger partial charge in [0.2, 0.25) is 5.95 Å². The van der Waals surface area contributed by atoms with E-state index in [2.05, 4.69) is 10.2 Å². The number of rotatable bonds is 3. The van der Waals surface area contributed by atoms with Gasteiger partial charge in [-0.05, 0) is 31.7 Å². The summed E-state index contributed by atoms with van der Waals surface area (Å²) in [5, 5.41) is 4.94. The average molecular weight is 346 g/mol. The maximum atomic E-state index is 6.17. The molecule has 1 atom stereocenters. The number of halogens is 1. The van der Waals surface area contributed by atoms with Crippen LogP contribution < -0.4 is 15.1 Å². The molecule has 4 rings (SSSR count). The average Bonchev–Trinajstić information content (AvgIpc) is 3.18. The summed E-state index contributed by atoms with van der Waals surface area (Å²) in [7, 11) is 5.89. The zero-order valence-corrected chi connectivity index (χ0v) is 14.8. The van der Waals surface area contributed by atoms with Gasteiger partial charge >= 0.3 is 0 Å². The van der Waals surface area contributed by atoms with E-state index in [1.165, 1.54) is 0 Å². The first-order valence-corrected chi connectivity index (χ1v) is 8.44.